The van der Waals surface area contributed by atoms with Gasteiger partial charge in [-0.1, -0.05) is 6.42 Å². The fourth-order valence-electron chi connectivity index (χ4n) is 2.28. The summed E-state index contributed by atoms with van der Waals surface area (Å²) in [5.74, 6) is 1.73. The number of thiazole rings is 1. The average Bonchev–Trinajstić information content (AvgIpc) is 2.86. The van der Waals surface area contributed by atoms with Gasteiger partial charge in [-0.2, -0.15) is 0 Å². The summed E-state index contributed by atoms with van der Waals surface area (Å²) in [7, 11) is 0. The Morgan fingerprint density at radius 1 is 1.47 bits per heavy atom. The first kappa shape index (κ1) is 11.0. The Morgan fingerprint density at radius 3 is 2.82 bits per heavy atom. The van der Waals surface area contributed by atoms with Gasteiger partial charge in [0.25, 0.3) is 0 Å². The molecule has 90 valence electrons. The zero-order chi connectivity index (χ0) is 11.9. The summed E-state index contributed by atoms with van der Waals surface area (Å²) in [4.78, 5) is 4.62. The molecule has 0 atom stereocenters. The van der Waals surface area contributed by atoms with Crippen molar-refractivity contribution in [2.75, 3.05) is 6.61 Å². The van der Waals surface area contributed by atoms with Crippen molar-refractivity contribution >= 4 is 11.3 Å². The molecule has 0 bridgehead atoms. The van der Waals surface area contributed by atoms with E-state index in [2.05, 4.69) is 10.4 Å². The highest BCUT2D eigenvalue weighted by Gasteiger charge is 2.40. The minimum absolute atomic E-state index is 0.0730. The predicted molar refractivity (Wildman–Crippen MR) is 67.2 cm³/mol. The lowest BCUT2D eigenvalue weighted by Crippen LogP contribution is -2.38. The maximum absolute atomic E-state index is 9.52. The highest BCUT2D eigenvalue weighted by atomic mass is 32.1. The molecule has 3 nitrogen and oxygen atoms in total. The molecule has 0 aromatic carbocycles. The predicted octanol–water partition coefficient (Wildman–Crippen LogP) is 3.13. The van der Waals surface area contributed by atoms with E-state index in [0.717, 1.165) is 35.1 Å². The molecule has 0 spiro atoms. The second kappa shape index (κ2) is 3.96. The zero-order valence-corrected chi connectivity index (χ0v) is 10.6. The second-order valence-corrected chi connectivity index (χ2v) is 5.60. The molecule has 3 rings (SSSR count). The van der Waals surface area contributed by atoms with E-state index in [9.17, 15) is 5.11 Å². The van der Waals surface area contributed by atoms with Gasteiger partial charge in [-0.15, -0.1) is 11.3 Å². The number of aromatic nitrogens is 1. The van der Waals surface area contributed by atoms with Crippen LogP contribution in [0.3, 0.4) is 0 Å². The molecule has 0 aliphatic heterocycles. The number of aryl methyl sites for hydroxylation is 1. The third kappa shape index (κ3) is 1.72. The lowest BCUT2D eigenvalue weighted by atomic mass is 9.67. The molecule has 2 heterocycles. The third-order valence-corrected chi connectivity index (χ3v) is 4.47. The molecule has 0 unspecified atom stereocenters. The third-order valence-electron chi connectivity index (χ3n) is 3.61. The quantitative estimate of drug-likeness (QED) is 0.909. The molecule has 17 heavy (non-hydrogen) atoms. The maximum atomic E-state index is 9.52. The van der Waals surface area contributed by atoms with Crippen LogP contribution in [-0.4, -0.2) is 16.7 Å². The van der Waals surface area contributed by atoms with E-state index in [4.69, 9.17) is 4.42 Å². The van der Waals surface area contributed by atoms with Crippen molar-refractivity contribution in [3.8, 4) is 10.8 Å². The van der Waals surface area contributed by atoms with E-state index in [1.54, 1.807) is 11.3 Å². The van der Waals surface area contributed by atoms with E-state index in [1.807, 2.05) is 19.1 Å². The summed E-state index contributed by atoms with van der Waals surface area (Å²) in [6.45, 7) is 2.13. The molecule has 1 saturated carbocycles. The standard InChI is InChI=1S/C13H15NO2S/c1-9-3-4-10(16-9)12-14-11(7-17-12)13(8-15)5-2-6-13/h3-4,7,15H,2,5-6,8H2,1H3. The molecule has 0 amide bonds. The van der Waals surface area contributed by atoms with Crippen LogP contribution in [0.2, 0.25) is 0 Å². The summed E-state index contributed by atoms with van der Waals surface area (Å²) < 4.78 is 5.57. The van der Waals surface area contributed by atoms with Crippen LogP contribution >= 0.6 is 11.3 Å². The number of nitrogens with zero attached hydrogens (tertiary/aromatic N) is 1. The van der Waals surface area contributed by atoms with Crippen molar-refractivity contribution in [2.24, 2.45) is 0 Å². The Labute approximate surface area is 104 Å². The largest absolute Gasteiger partial charge is 0.459 e. The molecule has 2 aromatic rings. The van der Waals surface area contributed by atoms with Crippen molar-refractivity contribution < 1.29 is 9.52 Å². The van der Waals surface area contributed by atoms with Crippen LogP contribution in [0.1, 0.15) is 30.7 Å². The Hall–Kier alpha value is -1.13. The number of hydrogen-bond donors (Lipinski definition) is 1. The van der Waals surface area contributed by atoms with Gasteiger partial charge < -0.3 is 9.52 Å². The van der Waals surface area contributed by atoms with E-state index in [-0.39, 0.29) is 12.0 Å². The molecule has 1 N–H and O–H groups in total. The maximum Gasteiger partial charge on any atom is 0.162 e. The first-order chi connectivity index (χ1) is 8.23. The lowest BCUT2D eigenvalue weighted by Gasteiger charge is -2.38. The van der Waals surface area contributed by atoms with Crippen molar-refractivity contribution in [3.63, 3.8) is 0 Å². The van der Waals surface area contributed by atoms with Gasteiger partial charge in [0.2, 0.25) is 0 Å². The molecule has 0 radical (unpaired) electrons. The average molecular weight is 249 g/mol. The Bertz CT molecular complexity index is 520. The van der Waals surface area contributed by atoms with Gasteiger partial charge in [0.15, 0.2) is 10.8 Å². The van der Waals surface area contributed by atoms with Gasteiger partial charge in [-0.05, 0) is 31.9 Å². The lowest BCUT2D eigenvalue weighted by molar-refractivity contribution is 0.117. The summed E-state index contributed by atoms with van der Waals surface area (Å²) in [5, 5.41) is 12.5. The Morgan fingerprint density at radius 2 is 2.29 bits per heavy atom. The number of hydrogen-bond acceptors (Lipinski definition) is 4. The molecule has 1 aliphatic rings. The van der Waals surface area contributed by atoms with Crippen molar-refractivity contribution in [2.45, 2.75) is 31.6 Å². The molecule has 0 saturated heterocycles. The highest BCUT2D eigenvalue weighted by molar-refractivity contribution is 7.13. The van der Waals surface area contributed by atoms with Crippen molar-refractivity contribution in [1.29, 1.82) is 0 Å². The van der Waals surface area contributed by atoms with Crippen molar-refractivity contribution in [1.82, 2.24) is 4.98 Å². The van der Waals surface area contributed by atoms with Gasteiger partial charge >= 0.3 is 0 Å². The number of aliphatic hydroxyl groups excluding tert-OH is 1. The highest BCUT2D eigenvalue weighted by Crippen LogP contribution is 2.44. The minimum atomic E-state index is -0.0730. The molecule has 1 fully saturated rings. The van der Waals surface area contributed by atoms with Crippen LogP contribution in [0.4, 0.5) is 0 Å². The molecule has 2 aromatic heterocycles. The van der Waals surface area contributed by atoms with Crippen LogP contribution < -0.4 is 0 Å². The fraction of sp³-hybridized carbons (Fsp3) is 0.462. The first-order valence-electron chi connectivity index (χ1n) is 5.87. The molecule has 1 aliphatic carbocycles. The minimum Gasteiger partial charge on any atom is -0.459 e. The Balaban J connectivity index is 1.92. The molecular formula is C13H15NO2S. The monoisotopic (exact) mass is 249 g/mol. The van der Waals surface area contributed by atoms with Crippen LogP contribution in [-0.2, 0) is 5.41 Å². The summed E-state index contributed by atoms with van der Waals surface area (Å²) in [6.07, 6.45) is 3.28. The van der Waals surface area contributed by atoms with Crippen LogP contribution in [0.5, 0.6) is 0 Å². The summed E-state index contributed by atoms with van der Waals surface area (Å²) >= 11 is 1.59. The van der Waals surface area contributed by atoms with E-state index < -0.39 is 0 Å². The summed E-state index contributed by atoms with van der Waals surface area (Å²) in [5.41, 5.74) is 0.955. The number of furan rings is 1. The van der Waals surface area contributed by atoms with E-state index in [1.165, 1.54) is 6.42 Å². The van der Waals surface area contributed by atoms with Gasteiger partial charge in [0.1, 0.15) is 5.76 Å². The second-order valence-electron chi connectivity index (χ2n) is 4.74. The zero-order valence-electron chi connectivity index (χ0n) is 9.77. The van der Waals surface area contributed by atoms with Gasteiger partial charge in [-0.3, -0.25) is 0 Å². The molecular weight excluding hydrogens is 234 g/mol. The number of aliphatic hydroxyl groups is 1. The first-order valence-corrected chi connectivity index (χ1v) is 6.75. The van der Waals surface area contributed by atoms with Crippen LogP contribution in [0, 0.1) is 6.92 Å². The topological polar surface area (TPSA) is 46.3 Å². The fourth-order valence-corrected chi connectivity index (χ4v) is 3.18. The van der Waals surface area contributed by atoms with Crippen LogP contribution in [0.15, 0.2) is 21.9 Å². The number of rotatable bonds is 3. The normalized spacial score (nSPS) is 18.0. The van der Waals surface area contributed by atoms with Gasteiger partial charge in [-0.25, -0.2) is 4.98 Å². The smallest absolute Gasteiger partial charge is 0.162 e. The van der Waals surface area contributed by atoms with Crippen LogP contribution in [0.25, 0.3) is 10.8 Å². The van der Waals surface area contributed by atoms with E-state index in [0.29, 0.717) is 0 Å². The molecule has 4 heteroatoms. The van der Waals surface area contributed by atoms with Crippen molar-refractivity contribution in [3.05, 3.63) is 29.0 Å². The van der Waals surface area contributed by atoms with E-state index >= 15 is 0 Å². The van der Waals surface area contributed by atoms with Gasteiger partial charge in [0, 0.05) is 10.8 Å². The SMILES string of the molecule is Cc1ccc(-c2nc(C3(CO)CCC3)cs2)o1. The van der Waals surface area contributed by atoms with Gasteiger partial charge in [0.05, 0.1) is 12.3 Å². The summed E-state index contributed by atoms with van der Waals surface area (Å²) in [6, 6.07) is 3.89. The Kier molecular flexibility index (Phi) is 2.56.